The van der Waals surface area contributed by atoms with Crippen molar-refractivity contribution < 1.29 is 9.90 Å². The number of hydrogen-bond acceptors (Lipinski definition) is 2. The first kappa shape index (κ1) is 11.5. The van der Waals surface area contributed by atoms with E-state index in [-0.39, 0.29) is 11.3 Å². The number of aliphatic carboxylic acids is 1. The third kappa shape index (κ3) is 2.98. The second-order valence-corrected chi connectivity index (χ2v) is 5.69. The molecule has 14 heavy (non-hydrogen) atoms. The number of likely N-dealkylation sites (tertiary alicyclic amines) is 1. The molecule has 0 bridgehead atoms. The Labute approximate surface area is 86.1 Å². The lowest BCUT2D eigenvalue weighted by atomic mass is 9.80. The molecule has 0 radical (unpaired) electrons. The van der Waals surface area contributed by atoms with Gasteiger partial charge in [0.25, 0.3) is 0 Å². The number of nitrogens with zero attached hydrogens (tertiary/aromatic N) is 1. The highest BCUT2D eigenvalue weighted by atomic mass is 16.4. The molecule has 1 aliphatic heterocycles. The average Bonchev–Trinajstić information content (AvgIpc) is 2.27. The smallest absolute Gasteiger partial charge is 0.308 e. The summed E-state index contributed by atoms with van der Waals surface area (Å²) in [5, 5.41) is 9.07. The Morgan fingerprint density at radius 3 is 2.43 bits per heavy atom. The van der Waals surface area contributed by atoms with Crippen molar-refractivity contribution in [3.8, 4) is 0 Å². The molecule has 0 aliphatic carbocycles. The maximum absolute atomic E-state index is 11.0. The number of carboxylic acid groups (broad SMARTS) is 1. The SMILES string of the molecule is CN1CC(CC(C)(C)C)C(C(=O)O)C1. The Morgan fingerprint density at radius 2 is 2.00 bits per heavy atom. The third-order valence-corrected chi connectivity index (χ3v) is 2.82. The molecule has 1 heterocycles. The molecule has 3 nitrogen and oxygen atoms in total. The van der Waals surface area contributed by atoms with Crippen LogP contribution in [-0.4, -0.2) is 36.1 Å². The van der Waals surface area contributed by atoms with Gasteiger partial charge in [0.1, 0.15) is 0 Å². The molecular formula is C11H21NO2. The summed E-state index contributed by atoms with van der Waals surface area (Å²) in [7, 11) is 2.00. The van der Waals surface area contributed by atoms with E-state index in [1.807, 2.05) is 7.05 Å². The maximum Gasteiger partial charge on any atom is 0.308 e. The van der Waals surface area contributed by atoms with Gasteiger partial charge in [0.05, 0.1) is 5.92 Å². The highest BCUT2D eigenvalue weighted by Gasteiger charge is 2.37. The van der Waals surface area contributed by atoms with Gasteiger partial charge in [-0.3, -0.25) is 4.79 Å². The molecule has 1 N–H and O–H groups in total. The predicted molar refractivity (Wildman–Crippen MR) is 56.2 cm³/mol. The molecule has 0 amide bonds. The second-order valence-electron chi connectivity index (χ2n) is 5.69. The summed E-state index contributed by atoms with van der Waals surface area (Å²) in [5.74, 6) is -0.486. The van der Waals surface area contributed by atoms with Crippen LogP contribution in [0.5, 0.6) is 0 Å². The zero-order valence-electron chi connectivity index (χ0n) is 9.58. The van der Waals surface area contributed by atoms with E-state index in [4.69, 9.17) is 5.11 Å². The van der Waals surface area contributed by atoms with Crippen molar-refractivity contribution in [2.24, 2.45) is 17.3 Å². The van der Waals surface area contributed by atoms with Crippen LogP contribution in [0.3, 0.4) is 0 Å². The van der Waals surface area contributed by atoms with Crippen LogP contribution in [0.1, 0.15) is 27.2 Å². The van der Waals surface area contributed by atoms with Gasteiger partial charge in [0.15, 0.2) is 0 Å². The first-order chi connectivity index (χ1) is 6.29. The lowest BCUT2D eigenvalue weighted by Crippen LogP contribution is -2.25. The van der Waals surface area contributed by atoms with Gasteiger partial charge in [-0.1, -0.05) is 20.8 Å². The van der Waals surface area contributed by atoms with Crippen LogP contribution in [-0.2, 0) is 4.79 Å². The molecule has 2 unspecified atom stereocenters. The Kier molecular flexibility index (Phi) is 3.20. The standard InChI is InChI=1S/C11H21NO2/c1-11(2,3)5-8-6-12(4)7-9(8)10(13)14/h8-9H,5-7H2,1-4H3,(H,13,14). The topological polar surface area (TPSA) is 40.5 Å². The molecule has 0 aromatic heterocycles. The van der Waals surface area contributed by atoms with Crippen LogP contribution >= 0.6 is 0 Å². The first-order valence-corrected chi connectivity index (χ1v) is 5.21. The van der Waals surface area contributed by atoms with E-state index in [2.05, 4.69) is 25.7 Å². The lowest BCUT2D eigenvalue weighted by Gasteiger charge is -2.24. The second kappa shape index (κ2) is 3.89. The molecule has 0 aromatic rings. The molecule has 1 aliphatic rings. The fraction of sp³-hybridized carbons (Fsp3) is 0.909. The molecule has 0 saturated carbocycles. The van der Waals surface area contributed by atoms with Crippen LogP contribution in [0.2, 0.25) is 0 Å². The Bertz CT molecular complexity index is 220. The lowest BCUT2D eigenvalue weighted by molar-refractivity contribution is -0.142. The summed E-state index contributed by atoms with van der Waals surface area (Å²) in [6, 6.07) is 0. The molecule has 1 saturated heterocycles. The normalized spacial score (nSPS) is 29.4. The van der Waals surface area contributed by atoms with E-state index in [0.29, 0.717) is 12.5 Å². The van der Waals surface area contributed by atoms with Gasteiger partial charge in [-0.05, 0) is 24.8 Å². The van der Waals surface area contributed by atoms with Crippen molar-refractivity contribution in [1.82, 2.24) is 4.90 Å². The van der Waals surface area contributed by atoms with Gasteiger partial charge in [-0.25, -0.2) is 0 Å². The van der Waals surface area contributed by atoms with Crippen molar-refractivity contribution in [2.45, 2.75) is 27.2 Å². The maximum atomic E-state index is 11.0. The Morgan fingerprint density at radius 1 is 1.43 bits per heavy atom. The van der Waals surface area contributed by atoms with Crippen LogP contribution in [0.15, 0.2) is 0 Å². The molecule has 0 spiro atoms. The van der Waals surface area contributed by atoms with Crippen LogP contribution in [0.25, 0.3) is 0 Å². The van der Waals surface area contributed by atoms with E-state index in [1.54, 1.807) is 0 Å². The summed E-state index contributed by atoms with van der Waals surface area (Å²) in [6.45, 7) is 8.14. The number of carboxylic acids is 1. The highest BCUT2D eigenvalue weighted by molar-refractivity contribution is 5.71. The summed E-state index contributed by atoms with van der Waals surface area (Å²) in [4.78, 5) is 13.1. The largest absolute Gasteiger partial charge is 0.481 e. The third-order valence-electron chi connectivity index (χ3n) is 2.82. The van der Waals surface area contributed by atoms with Gasteiger partial charge in [-0.2, -0.15) is 0 Å². The quantitative estimate of drug-likeness (QED) is 0.735. The Hall–Kier alpha value is -0.570. The van der Waals surface area contributed by atoms with E-state index in [0.717, 1.165) is 13.0 Å². The van der Waals surface area contributed by atoms with E-state index >= 15 is 0 Å². The first-order valence-electron chi connectivity index (χ1n) is 5.21. The Balaban J connectivity index is 2.62. The summed E-state index contributed by atoms with van der Waals surface area (Å²) < 4.78 is 0. The summed E-state index contributed by atoms with van der Waals surface area (Å²) in [6.07, 6.45) is 0.994. The fourth-order valence-electron chi connectivity index (χ4n) is 2.36. The summed E-state index contributed by atoms with van der Waals surface area (Å²) in [5.41, 5.74) is 0.226. The molecule has 2 atom stereocenters. The van der Waals surface area contributed by atoms with E-state index < -0.39 is 5.97 Å². The molecule has 1 rings (SSSR count). The van der Waals surface area contributed by atoms with Crippen LogP contribution in [0, 0.1) is 17.3 Å². The fourth-order valence-corrected chi connectivity index (χ4v) is 2.36. The molecule has 1 fully saturated rings. The molecule has 0 aromatic carbocycles. The van der Waals surface area contributed by atoms with Crippen molar-refractivity contribution in [2.75, 3.05) is 20.1 Å². The minimum Gasteiger partial charge on any atom is -0.481 e. The van der Waals surface area contributed by atoms with Gasteiger partial charge in [0.2, 0.25) is 0 Å². The van der Waals surface area contributed by atoms with E-state index in [1.165, 1.54) is 0 Å². The van der Waals surface area contributed by atoms with Crippen molar-refractivity contribution in [1.29, 1.82) is 0 Å². The number of carbonyl (C=O) groups is 1. The monoisotopic (exact) mass is 199 g/mol. The van der Waals surface area contributed by atoms with Gasteiger partial charge in [0, 0.05) is 13.1 Å². The zero-order valence-corrected chi connectivity index (χ0v) is 9.58. The minimum absolute atomic E-state index is 0.167. The zero-order chi connectivity index (χ0) is 10.9. The van der Waals surface area contributed by atoms with Crippen LogP contribution in [0.4, 0.5) is 0 Å². The average molecular weight is 199 g/mol. The molecule has 3 heteroatoms. The van der Waals surface area contributed by atoms with Gasteiger partial charge < -0.3 is 10.0 Å². The molecule has 82 valence electrons. The van der Waals surface area contributed by atoms with Crippen molar-refractivity contribution >= 4 is 5.97 Å². The predicted octanol–water partition coefficient (Wildman–Crippen LogP) is 1.69. The van der Waals surface area contributed by atoms with Gasteiger partial charge >= 0.3 is 5.97 Å². The van der Waals surface area contributed by atoms with E-state index in [9.17, 15) is 4.79 Å². The van der Waals surface area contributed by atoms with Crippen LogP contribution < -0.4 is 0 Å². The number of hydrogen-bond donors (Lipinski definition) is 1. The minimum atomic E-state index is -0.636. The summed E-state index contributed by atoms with van der Waals surface area (Å²) >= 11 is 0. The highest BCUT2D eigenvalue weighted by Crippen LogP contribution is 2.33. The van der Waals surface area contributed by atoms with Crippen molar-refractivity contribution in [3.63, 3.8) is 0 Å². The van der Waals surface area contributed by atoms with Crippen molar-refractivity contribution in [3.05, 3.63) is 0 Å². The number of rotatable bonds is 2. The van der Waals surface area contributed by atoms with Gasteiger partial charge in [-0.15, -0.1) is 0 Å². The molecular weight excluding hydrogens is 178 g/mol.